The lowest BCUT2D eigenvalue weighted by molar-refractivity contribution is -0.384. The number of non-ortho nitro benzene ring substituents is 1. The van der Waals surface area contributed by atoms with Gasteiger partial charge in [0.15, 0.2) is 0 Å². The predicted molar refractivity (Wildman–Crippen MR) is 141 cm³/mol. The van der Waals surface area contributed by atoms with Crippen LogP contribution in [0.25, 0.3) is 0 Å². The number of amides is 1. The van der Waals surface area contributed by atoms with Crippen molar-refractivity contribution in [3.8, 4) is 5.75 Å². The lowest BCUT2D eigenvalue weighted by atomic mass is 9.76. The second-order valence-electron chi connectivity index (χ2n) is 10.2. The molecule has 0 aliphatic rings. The normalized spacial score (nSPS) is 12.4. The zero-order valence-electron chi connectivity index (χ0n) is 22.1. The van der Waals surface area contributed by atoms with Crippen molar-refractivity contribution < 1.29 is 14.5 Å². The van der Waals surface area contributed by atoms with Crippen LogP contribution >= 0.6 is 0 Å². The number of nitro groups is 1. The Kier molecular flexibility index (Phi) is 9.57. The van der Waals surface area contributed by atoms with Crippen LogP contribution in [0.2, 0.25) is 0 Å². The smallest absolute Gasteiger partial charge is 0.270 e. The van der Waals surface area contributed by atoms with Crippen LogP contribution in [0.15, 0.2) is 47.6 Å². The average Bonchev–Trinajstić information content (AvgIpc) is 2.85. The summed E-state index contributed by atoms with van der Waals surface area (Å²) in [5.41, 5.74) is 6.17. The van der Waals surface area contributed by atoms with Gasteiger partial charge >= 0.3 is 0 Å². The number of hydrogen-bond donors (Lipinski definition) is 1. The molecule has 0 aromatic heterocycles. The first-order valence-electron chi connectivity index (χ1n) is 12.3. The highest BCUT2D eigenvalue weighted by Gasteiger charge is 2.26. The first-order chi connectivity index (χ1) is 16.4. The van der Waals surface area contributed by atoms with Crippen LogP contribution in [0.1, 0.15) is 90.8 Å². The molecule has 7 nitrogen and oxygen atoms in total. The molecular weight excluding hydrogens is 442 g/mol. The summed E-state index contributed by atoms with van der Waals surface area (Å²) >= 11 is 0. The van der Waals surface area contributed by atoms with Crippen LogP contribution in [0, 0.1) is 10.1 Å². The van der Waals surface area contributed by atoms with Gasteiger partial charge in [-0.3, -0.25) is 14.9 Å². The third-order valence-electron chi connectivity index (χ3n) is 6.89. The Morgan fingerprint density at radius 3 is 2.37 bits per heavy atom. The summed E-state index contributed by atoms with van der Waals surface area (Å²) in [7, 11) is 0. The van der Waals surface area contributed by atoms with Crippen molar-refractivity contribution in [1.29, 1.82) is 0 Å². The summed E-state index contributed by atoms with van der Waals surface area (Å²) in [5.74, 6) is 0.639. The molecule has 0 fully saturated rings. The molecule has 0 aliphatic heterocycles. The molecule has 0 unspecified atom stereocenters. The molecular formula is C28H39N3O4. The molecule has 190 valence electrons. The highest BCUT2D eigenvalue weighted by atomic mass is 16.6. The van der Waals surface area contributed by atoms with Gasteiger partial charge in [-0.15, -0.1) is 0 Å². The number of nitro benzene ring substituents is 1. The third kappa shape index (κ3) is 7.64. The number of ether oxygens (including phenoxy) is 1. The van der Waals surface area contributed by atoms with Crippen molar-refractivity contribution >= 4 is 17.3 Å². The Bertz CT molecular complexity index is 1070. The molecule has 2 aromatic carbocycles. The van der Waals surface area contributed by atoms with Crippen molar-refractivity contribution in [2.45, 2.75) is 85.0 Å². The molecule has 0 radical (unpaired) electrons. The Hall–Kier alpha value is -3.22. The second-order valence-corrected chi connectivity index (χ2v) is 10.2. The highest BCUT2D eigenvalue weighted by molar-refractivity contribution is 5.99. The minimum Gasteiger partial charge on any atom is -0.493 e. The lowest BCUT2D eigenvalue weighted by Gasteiger charge is -2.30. The van der Waals surface area contributed by atoms with E-state index >= 15 is 0 Å². The number of nitrogens with one attached hydrogen (secondary N) is 1. The molecule has 35 heavy (non-hydrogen) atoms. The van der Waals surface area contributed by atoms with Crippen molar-refractivity contribution in [3.05, 3.63) is 69.3 Å². The topological polar surface area (TPSA) is 93.8 Å². The number of benzene rings is 2. The monoisotopic (exact) mass is 481 g/mol. The van der Waals surface area contributed by atoms with E-state index in [4.69, 9.17) is 4.74 Å². The Morgan fingerprint density at radius 1 is 1.06 bits per heavy atom. The molecule has 2 aromatic rings. The summed E-state index contributed by atoms with van der Waals surface area (Å²) in [5, 5.41) is 15.0. The molecule has 0 spiro atoms. The van der Waals surface area contributed by atoms with Gasteiger partial charge in [-0.2, -0.15) is 5.10 Å². The zero-order valence-corrected chi connectivity index (χ0v) is 22.1. The molecule has 1 N–H and O–H groups in total. The maximum atomic E-state index is 12.2. The van der Waals surface area contributed by atoms with Crippen molar-refractivity contribution in [2.24, 2.45) is 5.10 Å². The van der Waals surface area contributed by atoms with Crippen molar-refractivity contribution in [1.82, 2.24) is 5.43 Å². The van der Waals surface area contributed by atoms with E-state index in [0.29, 0.717) is 24.3 Å². The molecule has 1 amide bonds. The molecule has 0 saturated carbocycles. The van der Waals surface area contributed by atoms with Gasteiger partial charge in [0.05, 0.1) is 17.2 Å². The lowest BCUT2D eigenvalue weighted by Crippen LogP contribution is -2.22. The quantitative estimate of drug-likeness (QED) is 0.158. The first-order valence-corrected chi connectivity index (χ1v) is 12.3. The van der Waals surface area contributed by atoms with Crippen LogP contribution < -0.4 is 10.2 Å². The summed E-state index contributed by atoms with van der Waals surface area (Å²) < 4.78 is 6.13. The average molecular weight is 482 g/mol. The van der Waals surface area contributed by atoms with Crippen molar-refractivity contribution in [3.63, 3.8) is 0 Å². The fraction of sp³-hybridized carbons (Fsp3) is 0.500. The number of carbonyl (C=O) groups excluding carboxylic acids is 1. The molecule has 0 bridgehead atoms. The Morgan fingerprint density at radius 2 is 1.74 bits per heavy atom. The van der Waals surface area contributed by atoms with E-state index < -0.39 is 4.92 Å². The maximum absolute atomic E-state index is 12.2. The van der Waals surface area contributed by atoms with Gasteiger partial charge in [0.1, 0.15) is 5.75 Å². The molecule has 0 heterocycles. The standard InChI is InChI=1S/C28H39N3O4/c1-8-27(4,5)22-15-16-25(24(19-22)28(6,7)9-2)35-17-11-14-26(32)30-29-20(3)21-12-10-13-23(18-21)31(33)34/h10,12-13,15-16,18-19H,8-9,11,14,17H2,1-7H3,(H,30,32). The van der Waals surface area contributed by atoms with Gasteiger partial charge in [0.25, 0.3) is 5.69 Å². The summed E-state index contributed by atoms with van der Waals surface area (Å²) in [6.45, 7) is 15.5. The van der Waals surface area contributed by atoms with Crippen LogP contribution in [0.5, 0.6) is 5.75 Å². The maximum Gasteiger partial charge on any atom is 0.270 e. The fourth-order valence-electron chi connectivity index (χ4n) is 3.53. The molecule has 0 aliphatic carbocycles. The van der Waals surface area contributed by atoms with E-state index in [-0.39, 0.29) is 28.8 Å². The van der Waals surface area contributed by atoms with Gasteiger partial charge in [-0.05, 0) is 48.6 Å². The van der Waals surface area contributed by atoms with Gasteiger partial charge in [0.2, 0.25) is 5.91 Å². The largest absolute Gasteiger partial charge is 0.493 e. The molecule has 2 rings (SSSR count). The van der Waals surface area contributed by atoms with Crippen LogP contribution in [-0.2, 0) is 15.6 Å². The Balaban J connectivity index is 1.97. The molecule has 0 saturated heterocycles. The minimum atomic E-state index is -0.458. The molecule has 0 atom stereocenters. The zero-order chi connectivity index (χ0) is 26.2. The number of hydrazone groups is 1. The fourth-order valence-corrected chi connectivity index (χ4v) is 3.53. The number of nitrogens with zero attached hydrogens (tertiary/aromatic N) is 2. The van der Waals surface area contributed by atoms with E-state index in [2.05, 4.69) is 70.3 Å². The summed E-state index contributed by atoms with van der Waals surface area (Å²) in [4.78, 5) is 22.7. The van der Waals surface area contributed by atoms with Gasteiger partial charge < -0.3 is 4.74 Å². The number of carbonyl (C=O) groups is 1. The SMILES string of the molecule is CCC(C)(C)c1ccc(OCCCC(=O)NN=C(C)c2cccc([N+](=O)[O-])c2)c(C(C)(C)CC)c1. The Labute approximate surface area is 209 Å². The van der Waals surface area contributed by atoms with E-state index in [9.17, 15) is 14.9 Å². The van der Waals surface area contributed by atoms with Gasteiger partial charge in [-0.1, -0.05) is 65.8 Å². The predicted octanol–water partition coefficient (Wildman–Crippen LogP) is 6.67. The van der Waals surface area contributed by atoms with Crippen LogP contribution in [0.3, 0.4) is 0 Å². The minimum absolute atomic E-state index is 0.0163. The highest BCUT2D eigenvalue weighted by Crippen LogP contribution is 2.38. The van der Waals surface area contributed by atoms with Crippen LogP contribution in [-0.4, -0.2) is 23.1 Å². The molecule has 7 heteroatoms. The van der Waals surface area contributed by atoms with E-state index in [0.717, 1.165) is 18.6 Å². The van der Waals surface area contributed by atoms with Gasteiger partial charge in [0, 0.05) is 29.7 Å². The second kappa shape index (κ2) is 12.0. The van der Waals surface area contributed by atoms with Crippen molar-refractivity contribution in [2.75, 3.05) is 6.61 Å². The summed E-state index contributed by atoms with van der Waals surface area (Å²) in [6.07, 6.45) is 2.85. The van der Waals surface area contributed by atoms with Gasteiger partial charge in [-0.25, -0.2) is 5.43 Å². The number of hydrogen-bond acceptors (Lipinski definition) is 5. The van der Waals surface area contributed by atoms with E-state index in [1.54, 1.807) is 19.1 Å². The summed E-state index contributed by atoms with van der Waals surface area (Å²) in [6, 6.07) is 12.6. The first kappa shape index (κ1) is 28.0. The van der Waals surface area contributed by atoms with E-state index in [1.165, 1.54) is 23.3 Å². The van der Waals surface area contributed by atoms with Crippen LogP contribution in [0.4, 0.5) is 5.69 Å². The van der Waals surface area contributed by atoms with E-state index in [1.807, 2.05) is 0 Å². The number of rotatable bonds is 12. The third-order valence-corrected chi connectivity index (χ3v) is 6.89.